The first-order valence-corrected chi connectivity index (χ1v) is 6.06. The Balaban J connectivity index is 1.97. The summed E-state index contributed by atoms with van der Waals surface area (Å²) in [6.45, 7) is 5.39. The molecule has 2 N–H and O–H groups in total. The van der Waals surface area contributed by atoms with Crippen LogP contribution in [0.1, 0.15) is 22.3 Å². The zero-order chi connectivity index (χ0) is 13.0. The van der Waals surface area contributed by atoms with E-state index in [2.05, 4.69) is 17.2 Å². The lowest BCUT2D eigenvalue weighted by atomic mass is 10.1. The molecule has 94 valence electrons. The van der Waals surface area contributed by atoms with Crippen molar-refractivity contribution in [3.05, 3.63) is 58.9 Å². The molecule has 0 amide bonds. The number of phenols is 1. The summed E-state index contributed by atoms with van der Waals surface area (Å²) in [7, 11) is 0. The summed E-state index contributed by atoms with van der Waals surface area (Å²) < 4.78 is 0. The summed E-state index contributed by atoms with van der Waals surface area (Å²) in [5.74, 6) is 0.382. The summed E-state index contributed by atoms with van der Waals surface area (Å²) in [5, 5.41) is 13.2. The summed E-state index contributed by atoms with van der Waals surface area (Å²) in [4.78, 5) is 4.11. The Kier molecular flexibility index (Phi) is 3.95. The minimum atomic E-state index is 0.382. The van der Waals surface area contributed by atoms with Crippen molar-refractivity contribution in [2.24, 2.45) is 0 Å². The minimum Gasteiger partial charge on any atom is -0.507 e. The number of aromatic nitrogens is 1. The lowest BCUT2D eigenvalue weighted by molar-refractivity contribution is 0.460. The summed E-state index contributed by atoms with van der Waals surface area (Å²) in [6.07, 6.45) is 3.67. The van der Waals surface area contributed by atoms with Gasteiger partial charge in [-0.3, -0.25) is 4.98 Å². The third-order valence-corrected chi connectivity index (χ3v) is 3.10. The van der Waals surface area contributed by atoms with E-state index in [1.807, 2.05) is 37.4 Å². The van der Waals surface area contributed by atoms with Crippen LogP contribution >= 0.6 is 0 Å². The molecule has 0 spiro atoms. The molecule has 0 saturated heterocycles. The van der Waals surface area contributed by atoms with Crippen molar-refractivity contribution in [3.63, 3.8) is 0 Å². The van der Waals surface area contributed by atoms with Gasteiger partial charge in [0.05, 0.1) is 0 Å². The van der Waals surface area contributed by atoms with Gasteiger partial charge in [-0.05, 0) is 36.6 Å². The van der Waals surface area contributed by atoms with Crippen LogP contribution in [0.25, 0.3) is 0 Å². The van der Waals surface area contributed by atoms with Gasteiger partial charge in [0.15, 0.2) is 0 Å². The fourth-order valence-corrected chi connectivity index (χ4v) is 1.88. The van der Waals surface area contributed by atoms with Crippen LogP contribution in [0.5, 0.6) is 5.75 Å². The van der Waals surface area contributed by atoms with Crippen LogP contribution in [-0.2, 0) is 13.1 Å². The second-order valence-corrected chi connectivity index (χ2v) is 4.49. The van der Waals surface area contributed by atoms with Gasteiger partial charge in [-0.2, -0.15) is 0 Å². The summed E-state index contributed by atoms with van der Waals surface area (Å²) in [5.41, 5.74) is 4.25. The monoisotopic (exact) mass is 242 g/mol. The molecule has 0 aliphatic heterocycles. The van der Waals surface area contributed by atoms with E-state index in [1.54, 1.807) is 6.20 Å². The lowest BCUT2D eigenvalue weighted by Gasteiger charge is -2.09. The molecule has 3 heteroatoms. The minimum absolute atomic E-state index is 0.382. The number of aryl methyl sites for hydroxylation is 2. The highest BCUT2D eigenvalue weighted by atomic mass is 16.3. The molecule has 0 saturated carbocycles. The molecule has 3 nitrogen and oxygen atoms in total. The van der Waals surface area contributed by atoms with Crippen LogP contribution in [0.2, 0.25) is 0 Å². The number of nitrogens with zero attached hydrogens (tertiary/aromatic N) is 1. The van der Waals surface area contributed by atoms with Crippen molar-refractivity contribution < 1.29 is 5.11 Å². The number of rotatable bonds is 4. The maximum atomic E-state index is 9.90. The Morgan fingerprint density at radius 3 is 2.61 bits per heavy atom. The van der Waals surface area contributed by atoms with Gasteiger partial charge < -0.3 is 10.4 Å². The molecule has 0 aliphatic carbocycles. The first-order chi connectivity index (χ1) is 8.68. The van der Waals surface area contributed by atoms with E-state index in [1.165, 1.54) is 11.1 Å². The first kappa shape index (κ1) is 12.6. The molecule has 1 aromatic heterocycles. The molecule has 2 rings (SSSR count). The van der Waals surface area contributed by atoms with Gasteiger partial charge in [-0.15, -0.1) is 0 Å². The Hall–Kier alpha value is -1.87. The van der Waals surface area contributed by atoms with E-state index >= 15 is 0 Å². The average molecular weight is 242 g/mol. The maximum Gasteiger partial charge on any atom is 0.122 e. The zero-order valence-electron chi connectivity index (χ0n) is 10.8. The van der Waals surface area contributed by atoms with Crippen molar-refractivity contribution in [1.29, 1.82) is 0 Å². The van der Waals surface area contributed by atoms with Crippen LogP contribution < -0.4 is 5.32 Å². The average Bonchev–Trinajstić information content (AvgIpc) is 2.37. The van der Waals surface area contributed by atoms with Crippen LogP contribution in [0.15, 0.2) is 36.7 Å². The SMILES string of the molecule is Cc1ccncc1CNCc1cccc(C)c1O. The van der Waals surface area contributed by atoms with Crippen molar-refractivity contribution in [3.8, 4) is 5.75 Å². The Bertz CT molecular complexity index is 538. The summed E-state index contributed by atoms with van der Waals surface area (Å²) in [6, 6.07) is 7.80. The lowest BCUT2D eigenvalue weighted by Crippen LogP contribution is -2.13. The van der Waals surface area contributed by atoms with Gasteiger partial charge in [-0.25, -0.2) is 0 Å². The second-order valence-electron chi connectivity index (χ2n) is 4.49. The van der Waals surface area contributed by atoms with Gasteiger partial charge in [0, 0.05) is 31.0 Å². The zero-order valence-corrected chi connectivity index (χ0v) is 10.8. The van der Waals surface area contributed by atoms with Crippen LogP contribution in [-0.4, -0.2) is 10.1 Å². The molecule has 0 radical (unpaired) electrons. The Morgan fingerprint density at radius 1 is 1.06 bits per heavy atom. The molecule has 1 aromatic carbocycles. The van der Waals surface area contributed by atoms with E-state index in [-0.39, 0.29) is 0 Å². The van der Waals surface area contributed by atoms with Crippen LogP contribution in [0.3, 0.4) is 0 Å². The van der Waals surface area contributed by atoms with E-state index in [0.29, 0.717) is 12.3 Å². The Labute approximate surface area is 108 Å². The summed E-state index contributed by atoms with van der Waals surface area (Å²) >= 11 is 0. The number of phenolic OH excluding ortho intramolecular Hbond substituents is 1. The van der Waals surface area contributed by atoms with E-state index < -0.39 is 0 Å². The van der Waals surface area contributed by atoms with Gasteiger partial charge in [0.2, 0.25) is 0 Å². The van der Waals surface area contributed by atoms with Crippen molar-refractivity contribution in [2.45, 2.75) is 26.9 Å². The highest BCUT2D eigenvalue weighted by molar-refractivity contribution is 5.39. The number of benzene rings is 1. The normalized spacial score (nSPS) is 10.6. The predicted octanol–water partition coefficient (Wildman–Crippen LogP) is 2.69. The topological polar surface area (TPSA) is 45.2 Å². The molecule has 0 atom stereocenters. The second kappa shape index (κ2) is 5.65. The molecular weight excluding hydrogens is 224 g/mol. The van der Waals surface area contributed by atoms with Crippen molar-refractivity contribution in [1.82, 2.24) is 10.3 Å². The number of nitrogens with one attached hydrogen (secondary N) is 1. The van der Waals surface area contributed by atoms with Gasteiger partial charge >= 0.3 is 0 Å². The number of para-hydroxylation sites is 1. The molecule has 18 heavy (non-hydrogen) atoms. The van der Waals surface area contributed by atoms with E-state index in [9.17, 15) is 5.11 Å². The van der Waals surface area contributed by atoms with E-state index in [4.69, 9.17) is 0 Å². The van der Waals surface area contributed by atoms with Crippen molar-refractivity contribution >= 4 is 0 Å². The first-order valence-electron chi connectivity index (χ1n) is 6.06. The number of hydrogen-bond donors (Lipinski definition) is 2. The van der Waals surface area contributed by atoms with E-state index in [0.717, 1.165) is 17.7 Å². The third kappa shape index (κ3) is 2.87. The molecule has 0 fully saturated rings. The number of pyridine rings is 1. The molecule has 0 bridgehead atoms. The van der Waals surface area contributed by atoms with Crippen LogP contribution in [0, 0.1) is 13.8 Å². The number of aromatic hydroxyl groups is 1. The van der Waals surface area contributed by atoms with Gasteiger partial charge in [-0.1, -0.05) is 18.2 Å². The predicted molar refractivity (Wildman–Crippen MR) is 72.4 cm³/mol. The molecular formula is C15H18N2O. The molecule has 2 aromatic rings. The molecule has 1 heterocycles. The Morgan fingerprint density at radius 2 is 1.83 bits per heavy atom. The highest BCUT2D eigenvalue weighted by Gasteiger charge is 2.03. The highest BCUT2D eigenvalue weighted by Crippen LogP contribution is 2.21. The standard InChI is InChI=1S/C15H18N2O/c1-11-6-7-16-9-14(11)10-17-8-13-5-3-4-12(2)15(13)18/h3-7,9,17-18H,8,10H2,1-2H3. The largest absolute Gasteiger partial charge is 0.507 e. The quantitative estimate of drug-likeness (QED) is 0.866. The maximum absolute atomic E-state index is 9.90. The number of hydrogen-bond acceptors (Lipinski definition) is 3. The smallest absolute Gasteiger partial charge is 0.122 e. The fourth-order valence-electron chi connectivity index (χ4n) is 1.88. The van der Waals surface area contributed by atoms with Crippen LogP contribution in [0.4, 0.5) is 0 Å². The molecule has 0 aliphatic rings. The fraction of sp³-hybridized carbons (Fsp3) is 0.267. The van der Waals surface area contributed by atoms with Crippen molar-refractivity contribution in [2.75, 3.05) is 0 Å². The van der Waals surface area contributed by atoms with Gasteiger partial charge in [0.1, 0.15) is 5.75 Å². The third-order valence-electron chi connectivity index (χ3n) is 3.10. The molecule has 0 unspecified atom stereocenters. The van der Waals surface area contributed by atoms with Gasteiger partial charge in [0.25, 0.3) is 0 Å².